The zero-order valence-corrected chi connectivity index (χ0v) is 11.3. The van der Waals surface area contributed by atoms with Crippen LogP contribution >= 0.6 is 0 Å². The molecule has 0 amide bonds. The molecule has 0 unspecified atom stereocenters. The van der Waals surface area contributed by atoms with E-state index in [1.165, 1.54) is 0 Å². The molecular weight excluding hydrogens is 255 g/mol. The molecule has 0 saturated heterocycles. The molecule has 0 aliphatic heterocycles. The highest BCUT2D eigenvalue weighted by Gasteiger charge is 2.41. The Labute approximate surface area is 111 Å². The standard InChI is InChI=1S/C13H20F3N3/c1-9-10(8-18-19(9)2)7-17-12-5-3-11(4-6-12)13(14,15)16/h8,11-12,17H,3-7H2,1-2H3. The fraction of sp³-hybridized carbons (Fsp3) is 0.769. The molecule has 0 spiro atoms. The molecule has 1 aromatic heterocycles. The van der Waals surface area contributed by atoms with Crippen molar-refractivity contribution in [3.05, 3.63) is 17.5 Å². The third-order valence-electron chi connectivity index (χ3n) is 4.11. The van der Waals surface area contributed by atoms with Crippen molar-refractivity contribution in [2.75, 3.05) is 0 Å². The first-order valence-corrected chi connectivity index (χ1v) is 6.65. The molecule has 0 radical (unpaired) electrons. The lowest BCUT2D eigenvalue weighted by molar-refractivity contribution is -0.182. The van der Waals surface area contributed by atoms with Gasteiger partial charge in [0.2, 0.25) is 0 Å². The summed E-state index contributed by atoms with van der Waals surface area (Å²) >= 11 is 0. The molecule has 3 nitrogen and oxygen atoms in total. The average molecular weight is 275 g/mol. The Kier molecular flexibility index (Phi) is 4.18. The molecule has 1 fully saturated rings. The fourth-order valence-electron chi connectivity index (χ4n) is 2.60. The van der Waals surface area contributed by atoms with Gasteiger partial charge in [-0.1, -0.05) is 0 Å². The molecule has 1 aliphatic rings. The lowest BCUT2D eigenvalue weighted by atomic mass is 9.85. The highest BCUT2D eigenvalue weighted by Crippen LogP contribution is 2.37. The highest BCUT2D eigenvalue weighted by atomic mass is 19.4. The van der Waals surface area contributed by atoms with Crippen LogP contribution in [0.25, 0.3) is 0 Å². The quantitative estimate of drug-likeness (QED) is 0.919. The minimum absolute atomic E-state index is 0.193. The Bertz CT molecular complexity index is 417. The number of halogens is 3. The van der Waals surface area contributed by atoms with Crippen LogP contribution in [0.1, 0.15) is 36.9 Å². The molecule has 0 atom stereocenters. The van der Waals surface area contributed by atoms with Crippen LogP contribution < -0.4 is 5.32 Å². The van der Waals surface area contributed by atoms with Gasteiger partial charge in [0.15, 0.2) is 0 Å². The van der Waals surface area contributed by atoms with Crippen LogP contribution in [0.3, 0.4) is 0 Å². The smallest absolute Gasteiger partial charge is 0.310 e. The third kappa shape index (κ3) is 3.49. The fourth-order valence-corrected chi connectivity index (χ4v) is 2.60. The summed E-state index contributed by atoms with van der Waals surface area (Å²) in [4.78, 5) is 0. The van der Waals surface area contributed by atoms with E-state index in [0.717, 1.165) is 11.3 Å². The summed E-state index contributed by atoms with van der Waals surface area (Å²) in [5.41, 5.74) is 2.21. The van der Waals surface area contributed by atoms with Crippen molar-refractivity contribution in [3.63, 3.8) is 0 Å². The second-order valence-corrected chi connectivity index (χ2v) is 5.35. The van der Waals surface area contributed by atoms with Gasteiger partial charge in [0.05, 0.1) is 12.1 Å². The van der Waals surface area contributed by atoms with Crippen molar-refractivity contribution >= 4 is 0 Å². The maximum absolute atomic E-state index is 12.5. The predicted molar refractivity (Wildman–Crippen MR) is 66.6 cm³/mol. The summed E-state index contributed by atoms with van der Waals surface area (Å²) in [7, 11) is 1.88. The first kappa shape index (κ1) is 14.4. The van der Waals surface area contributed by atoms with E-state index in [1.54, 1.807) is 4.68 Å². The Morgan fingerprint density at radius 3 is 2.42 bits per heavy atom. The van der Waals surface area contributed by atoms with Crippen LogP contribution in [0.2, 0.25) is 0 Å². The minimum atomic E-state index is -4.02. The third-order valence-corrected chi connectivity index (χ3v) is 4.11. The van der Waals surface area contributed by atoms with Gasteiger partial charge in [-0.25, -0.2) is 0 Å². The average Bonchev–Trinajstić information content (AvgIpc) is 2.67. The summed E-state index contributed by atoms with van der Waals surface area (Å²) in [6, 6.07) is 0.193. The SMILES string of the molecule is Cc1c(CNC2CCC(C(F)(F)F)CC2)cnn1C. The first-order chi connectivity index (χ1) is 8.88. The van der Waals surface area contributed by atoms with Gasteiger partial charge in [0, 0.05) is 30.9 Å². The van der Waals surface area contributed by atoms with Gasteiger partial charge in [-0.3, -0.25) is 4.68 Å². The van der Waals surface area contributed by atoms with E-state index in [9.17, 15) is 13.2 Å². The zero-order chi connectivity index (χ0) is 14.0. The summed E-state index contributed by atoms with van der Waals surface area (Å²) in [5, 5.41) is 7.50. The van der Waals surface area contributed by atoms with Crippen LogP contribution in [-0.2, 0) is 13.6 Å². The van der Waals surface area contributed by atoms with Gasteiger partial charge >= 0.3 is 6.18 Å². The van der Waals surface area contributed by atoms with Crippen molar-refractivity contribution in [1.29, 1.82) is 0 Å². The van der Waals surface area contributed by atoms with Crippen molar-refractivity contribution in [2.45, 2.75) is 51.4 Å². The summed E-state index contributed by atoms with van der Waals surface area (Å²) in [6.45, 7) is 2.67. The van der Waals surface area contributed by atoms with Crippen LogP contribution in [0, 0.1) is 12.8 Å². The van der Waals surface area contributed by atoms with Crippen molar-refractivity contribution < 1.29 is 13.2 Å². The van der Waals surface area contributed by atoms with Gasteiger partial charge in [-0.2, -0.15) is 18.3 Å². The Balaban J connectivity index is 1.79. The van der Waals surface area contributed by atoms with Crippen molar-refractivity contribution in [1.82, 2.24) is 15.1 Å². The Morgan fingerprint density at radius 1 is 1.32 bits per heavy atom. The normalized spacial score (nSPS) is 24.7. The Hall–Kier alpha value is -1.04. The number of aromatic nitrogens is 2. The molecule has 1 heterocycles. The number of nitrogens with one attached hydrogen (secondary N) is 1. The molecule has 6 heteroatoms. The van der Waals surface area contributed by atoms with E-state index in [0.29, 0.717) is 19.4 Å². The molecule has 1 saturated carbocycles. The second-order valence-electron chi connectivity index (χ2n) is 5.35. The van der Waals surface area contributed by atoms with Gasteiger partial charge in [0.1, 0.15) is 0 Å². The number of hydrogen-bond donors (Lipinski definition) is 1. The molecular formula is C13H20F3N3. The van der Waals surface area contributed by atoms with Crippen LogP contribution in [0.15, 0.2) is 6.20 Å². The number of aryl methyl sites for hydroxylation is 1. The van der Waals surface area contributed by atoms with E-state index in [1.807, 2.05) is 20.2 Å². The van der Waals surface area contributed by atoms with Crippen LogP contribution in [0.4, 0.5) is 13.2 Å². The molecule has 0 aromatic carbocycles. The predicted octanol–water partition coefficient (Wildman–Crippen LogP) is 2.94. The van der Waals surface area contributed by atoms with Gasteiger partial charge in [-0.05, 0) is 32.6 Å². The number of hydrogen-bond acceptors (Lipinski definition) is 2. The summed E-state index contributed by atoms with van der Waals surface area (Å²) < 4.78 is 39.4. The lowest BCUT2D eigenvalue weighted by Crippen LogP contribution is -2.36. The number of alkyl halides is 3. The number of nitrogens with zero attached hydrogens (tertiary/aromatic N) is 2. The zero-order valence-electron chi connectivity index (χ0n) is 11.3. The molecule has 1 N–H and O–H groups in total. The van der Waals surface area contributed by atoms with E-state index >= 15 is 0 Å². The Morgan fingerprint density at radius 2 is 1.95 bits per heavy atom. The molecule has 1 aliphatic carbocycles. The molecule has 2 rings (SSSR count). The highest BCUT2D eigenvalue weighted by molar-refractivity contribution is 5.15. The lowest BCUT2D eigenvalue weighted by Gasteiger charge is -2.30. The van der Waals surface area contributed by atoms with Crippen LogP contribution in [0.5, 0.6) is 0 Å². The van der Waals surface area contributed by atoms with Crippen LogP contribution in [-0.4, -0.2) is 22.0 Å². The van der Waals surface area contributed by atoms with E-state index in [2.05, 4.69) is 10.4 Å². The molecule has 108 valence electrons. The number of rotatable bonds is 3. The summed E-state index contributed by atoms with van der Waals surface area (Å²) in [6.07, 6.45) is -0.526. The molecule has 19 heavy (non-hydrogen) atoms. The van der Waals surface area contributed by atoms with Crippen molar-refractivity contribution in [2.24, 2.45) is 13.0 Å². The maximum Gasteiger partial charge on any atom is 0.391 e. The topological polar surface area (TPSA) is 29.9 Å². The largest absolute Gasteiger partial charge is 0.391 e. The van der Waals surface area contributed by atoms with Gasteiger partial charge in [0.25, 0.3) is 0 Å². The van der Waals surface area contributed by atoms with E-state index in [4.69, 9.17) is 0 Å². The molecule has 0 bridgehead atoms. The second kappa shape index (κ2) is 5.53. The van der Waals surface area contributed by atoms with Gasteiger partial charge < -0.3 is 5.32 Å². The van der Waals surface area contributed by atoms with E-state index in [-0.39, 0.29) is 18.9 Å². The maximum atomic E-state index is 12.5. The first-order valence-electron chi connectivity index (χ1n) is 6.65. The monoisotopic (exact) mass is 275 g/mol. The van der Waals surface area contributed by atoms with Crippen molar-refractivity contribution in [3.8, 4) is 0 Å². The van der Waals surface area contributed by atoms with Gasteiger partial charge in [-0.15, -0.1) is 0 Å². The van der Waals surface area contributed by atoms with E-state index < -0.39 is 12.1 Å². The minimum Gasteiger partial charge on any atom is -0.310 e. The summed E-state index contributed by atoms with van der Waals surface area (Å²) in [5.74, 6) is -1.11. The molecule has 1 aromatic rings.